The number of hydrogen-bond acceptors (Lipinski definition) is 4. The Bertz CT molecular complexity index is 1320. The van der Waals surface area contributed by atoms with E-state index in [4.69, 9.17) is 0 Å². The number of rotatable bonds is 6. The normalized spacial score (nSPS) is 11.1. The van der Waals surface area contributed by atoms with Crippen LogP contribution in [0.2, 0.25) is 0 Å². The molecule has 0 spiro atoms. The van der Waals surface area contributed by atoms with E-state index in [1.165, 1.54) is 18.2 Å². The van der Waals surface area contributed by atoms with Gasteiger partial charge in [-0.3, -0.25) is 9.52 Å². The molecule has 0 bridgehead atoms. The van der Waals surface area contributed by atoms with Gasteiger partial charge in [-0.2, -0.15) is 0 Å². The quantitative estimate of drug-likeness (QED) is 0.399. The van der Waals surface area contributed by atoms with Crippen LogP contribution in [0.4, 0.5) is 15.8 Å². The van der Waals surface area contributed by atoms with Gasteiger partial charge >= 0.3 is 0 Å². The number of anilines is 2. The van der Waals surface area contributed by atoms with Crippen LogP contribution in [0.25, 0.3) is 11.1 Å². The van der Waals surface area contributed by atoms with E-state index in [2.05, 4.69) is 10.0 Å². The summed E-state index contributed by atoms with van der Waals surface area (Å²) in [5.41, 5.74) is 2.73. The third-order valence-corrected chi connectivity index (χ3v) is 6.80. The van der Waals surface area contributed by atoms with Crippen LogP contribution in [-0.2, 0) is 10.0 Å². The second-order valence-electron chi connectivity index (χ2n) is 6.60. The van der Waals surface area contributed by atoms with Gasteiger partial charge in [-0.1, -0.05) is 54.6 Å². The SMILES string of the molecule is O=C(Nc1ccc(-c2ccccc2)cc1)c1sccc1NS(=O)(=O)c1ccccc1F. The number of carbonyl (C=O) groups excluding carboxylic acids is 1. The molecule has 31 heavy (non-hydrogen) atoms. The molecule has 4 aromatic rings. The summed E-state index contributed by atoms with van der Waals surface area (Å²) in [5.74, 6) is -1.33. The number of halogens is 1. The summed E-state index contributed by atoms with van der Waals surface area (Å²) in [5, 5.41) is 4.35. The number of sulfonamides is 1. The molecule has 5 nitrogen and oxygen atoms in total. The van der Waals surface area contributed by atoms with E-state index in [1.54, 1.807) is 17.5 Å². The van der Waals surface area contributed by atoms with Gasteiger partial charge in [0, 0.05) is 5.69 Å². The maximum Gasteiger partial charge on any atom is 0.267 e. The first-order valence-electron chi connectivity index (χ1n) is 9.26. The van der Waals surface area contributed by atoms with E-state index in [-0.39, 0.29) is 10.6 Å². The van der Waals surface area contributed by atoms with E-state index in [1.807, 2.05) is 42.5 Å². The average molecular weight is 453 g/mol. The molecular weight excluding hydrogens is 435 g/mol. The first-order chi connectivity index (χ1) is 14.9. The fourth-order valence-electron chi connectivity index (χ4n) is 2.99. The highest BCUT2D eigenvalue weighted by Crippen LogP contribution is 2.28. The number of hydrogen-bond donors (Lipinski definition) is 2. The van der Waals surface area contributed by atoms with Crippen LogP contribution < -0.4 is 10.0 Å². The molecular formula is C23H17FN2O3S2. The molecule has 0 unspecified atom stereocenters. The van der Waals surface area contributed by atoms with Gasteiger partial charge in [-0.15, -0.1) is 11.3 Å². The van der Waals surface area contributed by atoms with E-state index < -0.39 is 26.6 Å². The van der Waals surface area contributed by atoms with Crippen LogP contribution in [0, 0.1) is 5.82 Å². The maximum atomic E-state index is 13.9. The van der Waals surface area contributed by atoms with Crippen LogP contribution in [0.3, 0.4) is 0 Å². The predicted octanol–water partition coefficient (Wildman–Crippen LogP) is 5.61. The van der Waals surface area contributed by atoms with Crippen LogP contribution in [0.15, 0.2) is 95.2 Å². The van der Waals surface area contributed by atoms with Crippen molar-refractivity contribution in [2.24, 2.45) is 0 Å². The highest BCUT2D eigenvalue weighted by Gasteiger charge is 2.22. The molecule has 0 atom stereocenters. The fourth-order valence-corrected chi connectivity index (χ4v) is 4.95. The Kier molecular flexibility index (Phi) is 5.83. The molecule has 1 aromatic heterocycles. The summed E-state index contributed by atoms with van der Waals surface area (Å²) in [6, 6.07) is 23.7. The first-order valence-corrected chi connectivity index (χ1v) is 11.6. The van der Waals surface area contributed by atoms with Gasteiger partial charge in [-0.05, 0) is 46.8 Å². The Morgan fingerprint density at radius 3 is 2.16 bits per heavy atom. The minimum atomic E-state index is -4.18. The number of amides is 1. The Morgan fingerprint density at radius 2 is 1.45 bits per heavy atom. The maximum absolute atomic E-state index is 13.9. The smallest absolute Gasteiger partial charge is 0.267 e. The van der Waals surface area contributed by atoms with E-state index in [0.29, 0.717) is 5.69 Å². The van der Waals surface area contributed by atoms with Crippen molar-refractivity contribution in [2.75, 3.05) is 10.0 Å². The number of benzene rings is 3. The largest absolute Gasteiger partial charge is 0.321 e. The fraction of sp³-hybridized carbons (Fsp3) is 0. The van der Waals surface area contributed by atoms with Crippen LogP contribution in [0.1, 0.15) is 9.67 Å². The summed E-state index contributed by atoms with van der Waals surface area (Å²) >= 11 is 1.08. The Morgan fingerprint density at radius 1 is 0.806 bits per heavy atom. The van der Waals surface area contributed by atoms with Crippen molar-refractivity contribution in [3.05, 3.63) is 101 Å². The second-order valence-corrected chi connectivity index (χ2v) is 9.16. The van der Waals surface area contributed by atoms with Gasteiger partial charge in [-0.25, -0.2) is 12.8 Å². The van der Waals surface area contributed by atoms with Gasteiger partial charge in [0.15, 0.2) is 0 Å². The number of nitrogens with one attached hydrogen (secondary N) is 2. The van der Waals surface area contributed by atoms with Gasteiger partial charge in [0.05, 0.1) is 5.69 Å². The predicted molar refractivity (Wildman–Crippen MR) is 121 cm³/mol. The highest BCUT2D eigenvalue weighted by atomic mass is 32.2. The van der Waals surface area contributed by atoms with Gasteiger partial charge in [0.25, 0.3) is 15.9 Å². The summed E-state index contributed by atoms with van der Waals surface area (Å²) in [7, 11) is -4.18. The van der Waals surface area contributed by atoms with Crippen LogP contribution in [0.5, 0.6) is 0 Å². The van der Waals surface area contributed by atoms with Gasteiger partial charge in [0.2, 0.25) is 0 Å². The third kappa shape index (κ3) is 4.65. The lowest BCUT2D eigenvalue weighted by Gasteiger charge is -2.10. The standard InChI is InChI=1S/C23H17FN2O3S2/c24-19-8-4-5-9-21(19)31(28,29)26-20-14-15-30-22(20)23(27)25-18-12-10-17(11-13-18)16-6-2-1-3-7-16/h1-15,26H,(H,25,27). The van der Waals surface area contributed by atoms with E-state index in [9.17, 15) is 17.6 Å². The Labute approximate surface area is 183 Å². The van der Waals surface area contributed by atoms with Crippen molar-refractivity contribution in [3.8, 4) is 11.1 Å². The van der Waals surface area contributed by atoms with Crippen molar-refractivity contribution in [1.29, 1.82) is 0 Å². The molecule has 2 N–H and O–H groups in total. The molecule has 0 aliphatic heterocycles. The third-order valence-electron chi connectivity index (χ3n) is 4.49. The van der Waals surface area contributed by atoms with E-state index in [0.717, 1.165) is 34.6 Å². The lowest BCUT2D eigenvalue weighted by atomic mass is 10.1. The first kappa shape index (κ1) is 20.8. The lowest BCUT2D eigenvalue weighted by Crippen LogP contribution is -2.17. The molecule has 3 aromatic carbocycles. The monoisotopic (exact) mass is 452 g/mol. The van der Waals surface area contributed by atoms with E-state index >= 15 is 0 Å². The molecule has 0 aliphatic rings. The number of carbonyl (C=O) groups is 1. The molecule has 4 rings (SSSR count). The Balaban J connectivity index is 1.51. The van der Waals surface area contributed by atoms with Crippen LogP contribution >= 0.6 is 11.3 Å². The molecule has 0 radical (unpaired) electrons. The second kappa shape index (κ2) is 8.71. The zero-order valence-electron chi connectivity index (χ0n) is 16.1. The highest BCUT2D eigenvalue weighted by molar-refractivity contribution is 7.92. The summed E-state index contributed by atoms with van der Waals surface area (Å²) in [6.45, 7) is 0. The summed E-state index contributed by atoms with van der Waals surface area (Å²) in [6.07, 6.45) is 0. The van der Waals surface area contributed by atoms with Crippen molar-refractivity contribution in [3.63, 3.8) is 0 Å². The molecule has 1 heterocycles. The number of thiophene rings is 1. The van der Waals surface area contributed by atoms with Crippen molar-refractivity contribution in [1.82, 2.24) is 0 Å². The van der Waals surface area contributed by atoms with Crippen molar-refractivity contribution >= 4 is 38.6 Å². The topological polar surface area (TPSA) is 75.3 Å². The van der Waals surface area contributed by atoms with Crippen molar-refractivity contribution in [2.45, 2.75) is 4.90 Å². The zero-order valence-corrected chi connectivity index (χ0v) is 17.7. The minimum absolute atomic E-state index is 0.0895. The molecule has 0 saturated carbocycles. The lowest BCUT2D eigenvalue weighted by molar-refractivity contribution is 0.103. The van der Waals surface area contributed by atoms with Gasteiger partial charge < -0.3 is 5.32 Å². The molecule has 8 heteroatoms. The minimum Gasteiger partial charge on any atom is -0.321 e. The van der Waals surface area contributed by atoms with Crippen molar-refractivity contribution < 1.29 is 17.6 Å². The molecule has 0 saturated heterocycles. The summed E-state index contributed by atoms with van der Waals surface area (Å²) < 4.78 is 41.3. The molecule has 0 aliphatic carbocycles. The molecule has 0 fully saturated rings. The van der Waals surface area contributed by atoms with Gasteiger partial charge in [0.1, 0.15) is 15.6 Å². The van der Waals surface area contributed by atoms with Crippen LogP contribution in [-0.4, -0.2) is 14.3 Å². The summed E-state index contributed by atoms with van der Waals surface area (Å²) in [4.78, 5) is 12.4. The molecule has 1 amide bonds. The average Bonchev–Trinajstić information content (AvgIpc) is 3.22. The Hall–Kier alpha value is -3.49. The molecule has 156 valence electrons. The zero-order chi connectivity index (χ0) is 21.8.